The van der Waals surface area contributed by atoms with Crippen LogP contribution < -0.4 is 14.5 Å². The van der Waals surface area contributed by atoms with Crippen molar-refractivity contribution >= 4 is 33.0 Å². The van der Waals surface area contributed by atoms with Gasteiger partial charge in [0.05, 0.1) is 24.2 Å². The number of hydrogen-bond acceptors (Lipinski definition) is 6. The number of fused-ring (bicyclic) bond motifs is 1. The van der Waals surface area contributed by atoms with E-state index in [0.717, 1.165) is 36.0 Å². The molecule has 2 aliphatic rings. The Labute approximate surface area is 243 Å². The van der Waals surface area contributed by atoms with Crippen molar-refractivity contribution in [3.05, 3.63) is 71.3 Å². The summed E-state index contributed by atoms with van der Waals surface area (Å²) in [6, 6.07) is 17.2. The lowest BCUT2D eigenvalue weighted by Crippen LogP contribution is -2.45. The Bertz CT molecular complexity index is 1590. The number of amides is 1. The number of carbonyl (C=O) groups excluding carboxylic acids is 1. The van der Waals surface area contributed by atoms with E-state index in [9.17, 15) is 18.3 Å². The van der Waals surface area contributed by atoms with Gasteiger partial charge in [-0.15, -0.1) is 0 Å². The first-order valence-corrected chi connectivity index (χ1v) is 15.9. The van der Waals surface area contributed by atoms with Crippen molar-refractivity contribution in [1.29, 1.82) is 0 Å². The fraction of sp³-hybridized carbons (Fsp3) is 0.406. The number of ether oxygens (including phenoxy) is 1. The summed E-state index contributed by atoms with van der Waals surface area (Å²) in [7, 11) is -3.59. The van der Waals surface area contributed by atoms with E-state index in [1.165, 1.54) is 23.4 Å². The van der Waals surface area contributed by atoms with E-state index in [4.69, 9.17) is 4.74 Å². The molecule has 2 atom stereocenters. The van der Waals surface area contributed by atoms with Gasteiger partial charge in [0, 0.05) is 42.1 Å². The predicted molar refractivity (Wildman–Crippen MR) is 165 cm³/mol. The first-order valence-electron chi connectivity index (χ1n) is 14.0. The summed E-state index contributed by atoms with van der Waals surface area (Å²) < 4.78 is 31.8. The van der Waals surface area contributed by atoms with Crippen molar-refractivity contribution in [2.24, 2.45) is 0 Å². The van der Waals surface area contributed by atoms with Gasteiger partial charge in [-0.25, -0.2) is 8.42 Å². The molecule has 1 amide bonds. The lowest BCUT2D eigenvalue weighted by atomic mass is 9.84. The highest BCUT2D eigenvalue weighted by Gasteiger charge is 2.29. The third kappa shape index (κ3) is 6.21. The van der Waals surface area contributed by atoms with Crippen LogP contribution in [0.5, 0.6) is 5.75 Å². The number of benzene rings is 3. The molecule has 1 fully saturated rings. The van der Waals surface area contributed by atoms with Crippen molar-refractivity contribution in [2.75, 3.05) is 40.4 Å². The molecule has 0 radical (unpaired) electrons. The molecule has 41 heavy (non-hydrogen) atoms. The molecular formula is C32H39N3O5S. The van der Waals surface area contributed by atoms with Crippen molar-refractivity contribution in [3.8, 4) is 16.9 Å². The fourth-order valence-corrected chi connectivity index (χ4v) is 6.32. The summed E-state index contributed by atoms with van der Waals surface area (Å²) >= 11 is 0. The number of carbonyl (C=O) groups is 1. The largest absolute Gasteiger partial charge is 0.506 e. The predicted octanol–water partition coefficient (Wildman–Crippen LogP) is 5.54. The number of nitrogens with zero attached hydrogens (tertiary/aromatic N) is 2. The summed E-state index contributed by atoms with van der Waals surface area (Å²) in [5.41, 5.74) is 6.81. The summed E-state index contributed by atoms with van der Waals surface area (Å²) in [5, 5.41) is 10.1. The average molecular weight is 578 g/mol. The second-order valence-electron chi connectivity index (χ2n) is 12.3. The molecule has 8 nitrogen and oxygen atoms in total. The molecule has 3 aromatic carbocycles. The van der Waals surface area contributed by atoms with Crippen molar-refractivity contribution in [3.63, 3.8) is 0 Å². The van der Waals surface area contributed by atoms with Gasteiger partial charge in [-0.1, -0.05) is 45.0 Å². The molecule has 2 N–H and O–H groups in total. The summed E-state index contributed by atoms with van der Waals surface area (Å²) in [6.07, 6.45) is 1.92. The molecule has 2 unspecified atom stereocenters. The second kappa shape index (κ2) is 10.7. The highest BCUT2D eigenvalue weighted by atomic mass is 32.2. The Balaban J connectivity index is 1.49. The minimum Gasteiger partial charge on any atom is -0.506 e. The molecule has 0 spiro atoms. The van der Waals surface area contributed by atoms with Gasteiger partial charge in [0.1, 0.15) is 5.75 Å². The number of phenolic OH excluding ortho intramolecular Hbond substituents is 1. The zero-order valence-electron chi connectivity index (χ0n) is 24.6. The highest BCUT2D eigenvalue weighted by Crippen LogP contribution is 2.39. The number of nitrogens with one attached hydrogen (secondary N) is 1. The third-order valence-electron chi connectivity index (χ3n) is 7.71. The SMILES string of the molecule is CC1CN(c2cc(C(C)(C)C)ccc2-c2ccc3c(c2)CCN(c2ccc(O)c(NS(C)(=O)=O)c2)C3=O)CC(C)O1. The van der Waals surface area contributed by atoms with Gasteiger partial charge in [0.2, 0.25) is 10.0 Å². The van der Waals surface area contributed by atoms with E-state index >= 15 is 0 Å². The summed E-state index contributed by atoms with van der Waals surface area (Å²) in [4.78, 5) is 17.6. The van der Waals surface area contributed by atoms with Gasteiger partial charge >= 0.3 is 0 Å². The molecule has 0 bridgehead atoms. The van der Waals surface area contributed by atoms with Crippen molar-refractivity contribution < 1.29 is 23.1 Å². The van der Waals surface area contributed by atoms with Crippen LogP contribution in [0.15, 0.2) is 54.6 Å². The number of rotatable bonds is 5. The molecule has 9 heteroatoms. The molecule has 2 heterocycles. The maximum atomic E-state index is 13.6. The Kier molecular flexibility index (Phi) is 7.55. The minimum atomic E-state index is -3.59. The van der Waals surface area contributed by atoms with Crippen LogP contribution in [0.25, 0.3) is 11.1 Å². The molecule has 5 rings (SSSR count). The van der Waals surface area contributed by atoms with E-state index in [1.807, 2.05) is 12.1 Å². The van der Waals surface area contributed by atoms with Gasteiger partial charge in [-0.05, 0) is 72.7 Å². The zero-order valence-corrected chi connectivity index (χ0v) is 25.4. The number of anilines is 3. The monoisotopic (exact) mass is 577 g/mol. The molecular weight excluding hydrogens is 538 g/mol. The fourth-order valence-electron chi connectivity index (χ4n) is 5.75. The molecule has 3 aromatic rings. The van der Waals surface area contributed by atoms with E-state index in [-0.39, 0.29) is 35.0 Å². The van der Waals surface area contributed by atoms with Crippen LogP contribution in [0.4, 0.5) is 17.1 Å². The van der Waals surface area contributed by atoms with Crippen LogP contribution >= 0.6 is 0 Å². The first-order chi connectivity index (χ1) is 19.2. The molecule has 1 saturated heterocycles. The maximum absolute atomic E-state index is 13.6. The van der Waals surface area contributed by atoms with E-state index in [2.05, 4.69) is 68.5 Å². The molecule has 0 aromatic heterocycles. The smallest absolute Gasteiger partial charge is 0.258 e. The van der Waals surface area contributed by atoms with E-state index in [0.29, 0.717) is 24.2 Å². The van der Waals surface area contributed by atoms with Crippen molar-refractivity contribution in [2.45, 2.75) is 58.7 Å². The van der Waals surface area contributed by atoms with E-state index in [1.54, 1.807) is 11.0 Å². The third-order valence-corrected chi connectivity index (χ3v) is 8.30. The Morgan fingerprint density at radius 3 is 2.29 bits per heavy atom. The average Bonchev–Trinajstić information content (AvgIpc) is 2.88. The Morgan fingerprint density at radius 2 is 1.63 bits per heavy atom. The van der Waals surface area contributed by atoms with Gasteiger partial charge in [-0.3, -0.25) is 9.52 Å². The molecule has 218 valence electrons. The standard InChI is InChI=1S/C32H39N3O5S/c1-20-18-34(19-21(2)40-20)29-16-24(32(3,4)5)8-11-26(29)22-7-10-27-23(15-22)13-14-35(31(27)37)25-9-12-30(36)28(17-25)33-41(6,38)39/h7-12,15-17,20-21,33,36H,13-14,18-19H2,1-6H3. The van der Waals surface area contributed by atoms with Crippen molar-refractivity contribution in [1.82, 2.24) is 0 Å². The van der Waals surface area contributed by atoms with Crippen LogP contribution in [-0.2, 0) is 26.6 Å². The summed E-state index contributed by atoms with van der Waals surface area (Å²) in [5.74, 6) is -0.362. The van der Waals surface area contributed by atoms with Crippen LogP contribution in [-0.4, -0.2) is 57.5 Å². The lowest BCUT2D eigenvalue weighted by Gasteiger charge is -2.38. The van der Waals surface area contributed by atoms with Crippen LogP contribution in [0, 0.1) is 0 Å². The highest BCUT2D eigenvalue weighted by molar-refractivity contribution is 7.92. The normalized spacial score (nSPS) is 19.7. The molecule has 0 aliphatic carbocycles. The number of phenols is 1. The zero-order chi connectivity index (χ0) is 29.7. The number of sulfonamides is 1. The maximum Gasteiger partial charge on any atom is 0.258 e. The lowest BCUT2D eigenvalue weighted by molar-refractivity contribution is -0.00519. The number of aromatic hydroxyl groups is 1. The molecule has 0 saturated carbocycles. The second-order valence-corrected chi connectivity index (χ2v) is 14.0. The van der Waals surface area contributed by atoms with Gasteiger partial charge < -0.3 is 19.6 Å². The van der Waals surface area contributed by atoms with Gasteiger partial charge in [0.15, 0.2) is 0 Å². The van der Waals surface area contributed by atoms with Crippen LogP contribution in [0.2, 0.25) is 0 Å². The van der Waals surface area contributed by atoms with E-state index < -0.39 is 10.0 Å². The number of morpholine rings is 1. The van der Waals surface area contributed by atoms with Gasteiger partial charge in [-0.2, -0.15) is 0 Å². The van der Waals surface area contributed by atoms with Crippen LogP contribution in [0.3, 0.4) is 0 Å². The van der Waals surface area contributed by atoms with Gasteiger partial charge in [0.25, 0.3) is 5.91 Å². The Hall–Kier alpha value is -3.56. The van der Waals surface area contributed by atoms with Crippen LogP contribution in [0.1, 0.15) is 56.1 Å². The first kappa shape index (κ1) is 29.0. The topological polar surface area (TPSA) is 99.2 Å². The number of hydrogen-bond donors (Lipinski definition) is 2. The minimum absolute atomic E-state index is 0.00740. The quantitative estimate of drug-likeness (QED) is 0.386. The Morgan fingerprint density at radius 1 is 0.951 bits per heavy atom. The summed E-state index contributed by atoms with van der Waals surface area (Å²) in [6.45, 7) is 13.0. The molecule has 2 aliphatic heterocycles.